The molecule has 0 aliphatic carbocycles. The van der Waals surface area contributed by atoms with Crippen molar-refractivity contribution in [3.63, 3.8) is 0 Å². The second-order valence-corrected chi connectivity index (χ2v) is 6.62. The summed E-state index contributed by atoms with van der Waals surface area (Å²) in [5, 5.41) is 15.4. The fourth-order valence-corrected chi connectivity index (χ4v) is 2.66. The zero-order valence-corrected chi connectivity index (χ0v) is 16.2. The Bertz CT molecular complexity index is 1080. The minimum atomic E-state index is -4.79. The smallest absolute Gasteiger partial charge is 0.406 e. The number of nitrogens with zero attached hydrogens (tertiary/aromatic N) is 3. The van der Waals surface area contributed by atoms with Gasteiger partial charge in [-0.15, -0.1) is 13.2 Å². The molecule has 3 rings (SSSR count). The SMILES string of the molecule is CC(C)Nc1nc(Nc2ccccc2C#N)cc(-c2cccc(OC(F)(F)F)c2)n1. The molecule has 2 N–H and O–H groups in total. The highest BCUT2D eigenvalue weighted by molar-refractivity contribution is 5.70. The highest BCUT2D eigenvalue weighted by Gasteiger charge is 2.31. The van der Waals surface area contributed by atoms with Crippen LogP contribution in [0.25, 0.3) is 11.3 Å². The van der Waals surface area contributed by atoms with Crippen LogP contribution in [0, 0.1) is 11.3 Å². The molecule has 0 aliphatic heterocycles. The zero-order valence-electron chi connectivity index (χ0n) is 16.2. The number of para-hydroxylation sites is 1. The monoisotopic (exact) mass is 413 g/mol. The van der Waals surface area contributed by atoms with Gasteiger partial charge in [0.25, 0.3) is 0 Å². The molecule has 0 saturated carbocycles. The molecule has 2 aromatic carbocycles. The van der Waals surface area contributed by atoms with E-state index in [-0.39, 0.29) is 11.8 Å². The molecule has 0 bridgehead atoms. The van der Waals surface area contributed by atoms with Gasteiger partial charge < -0.3 is 15.4 Å². The molecule has 0 atom stereocenters. The van der Waals surface area contributed by atoms with Gasteiger partial charge in [0.1, 0.15) is 17.6 Å². The molecule has 0 unspecified atom stereocenters. The molecule has 1 aromatic heterocycles. The van der Waals surface area contributed by atoms with E-state index in [0.717, 1.165) is 0 Å². The van der Waals surface area contributed by atoms with Gasteiger partial charge in [-0.05, 0) is 38.1 Å². The summed E-state index contributed by atoms with van der Waals surface area (Å²) in [5.41, 5.74) is 1.78. The summed E-state index contributed by atoms with van der Waals surface area (Å²) >= 11 is 0. The first kappa shape index (κ1) is 20.9. The fourth-order valence-electron chi connectivity index (χ4n) is 2.66. The third-order valence-corrected chi connectivity index (χ3v) is 3.82. The number of nitriles is 1. The Labute approximate surface area is 171 Å². The average molecular weight is 413 g/mol. The summed E-state index contributed by atoms with van der Waals surface area (Å²) < 4.78 is 41.7. The maximum absolute atomic E-state index is 12.6. The van der Waals surface area contributed by atoms with E-state index >= 15 is 0 Å². The van der Waals surface area contributed by atoms with Gasteiger partial charge in [-0.1, -0.05) is 24.3 Å². The van der Waals surface area contributed by atoms with Crippen molar-refractivity contribution < 1.29 is 17.9 Å². The molecule has 1 heterocycles. The molecule has 0 radical (unpaired) electrons. The van der Waals surface area contributed by atoms with Crippen LogP contribution in [-0.2, 0) is 0 Å². The number of ether oxygens (including phenoxy) is 1. The van der Waals surface area contributed by atoms with Crippen LogP contribution in [0.5, 0.6) is 5.75 Å². The van der Waals surface area contributed by atoms with Crippen LogP contribution < -0.4 is 15.4 Å². The Morgan fingerprint density at radius 2 is 1.80 bits per heavy atom. The quantitative estimate of drug-likeness (QED) is 0.557. The topological polar surface area (TPSA) is 82.9 Å². The standard InChI is InChI=1S/C21H18F3N5O/c1-13(2)26-20-28-18(14-7-5-8-16(10-14)30-21(22,23)24)11-19(29-20)27-17-9-4-3-6-15(17)12-25/h3-11,13H,1-2H3,(H2,26,27,28,29). The van der Waals surface area contributed by atoms with E-state index in [1.807, 2.05) is 13.8 Å². The van der Waals surface area contributed by atoms with E-state index in [1.54, 1.807) is 36.4 Å². The van der Waals surface area contributed by atoms with E-state index in [4.69, 9.17) is 0 Å². The lowest BCUT2D eigenvalue weighted by molar-refractivity contribution is -0.274. The lowest BCUT2D eigenvalue weighted by Crippen LogP contribution is -2.17. The Hall–Kier alpha value is -3.80. The summed E-state index contributed by atoms with van der Waals surface area (Å²) in [7, 11) is 0. The first-order valence-electron chi connectivity index (χ1n) is 9.01. The second kappa shape index (κ2) is 8.69. The average Bonchev–Trinajstić information content (AvgIpc) is 2.66. The highest BCUT2D eigenvalue weighted by atomic mass is 19.4. The van der Waals surface area contributed by atoms with Crippen molar-refractivity contribution in [3.05, 3.63) is 60.2 Å². The van der Waals surface area contributed by atoms with Crippen molar-refractivity contribution in [2.24, 2.45) is 0 Å². The third kappa shape index (κ3) is 5.61. The fraction of sp³-hybridized carbons (Fsp3) is 0.190. The normalized spacial score (nSPS) is 11.1. The Balaban J connectivity index is 2.01. The molecule has 154 valence electrons. The van der Waals surface area contributed by atoms with Crippen molar-refractivity contribution in [2.45, 2.75) is 26.3 Å². The van der Waals surface area contributed by atoms with Crippen LogP contribution in [0.15, 0.2) is 54.6 Å². The van der Waals surface area contributed by atoms with Crippen LogP contribution in [-0.4, -0.2) is 22.4 Å². The summed E-state index contributed by atoms with van der Waals surface area (Å²) in [6, 6.07) is 16.2. The lowest BCUT2D eigenvalue weighted by atomic mass is 10.1. The summed E-state index contributed by atoms with van der Waals surface area (Å²) in [6.07, 6.45) is -4.79. The number of rotatable bonds is 6. The van der Waals surface area contributed by atoms with Gasteiger partial charge in [0.15, 0.2) is 0 Å². The van der Waals surface area contributed by atoms with Crippen molar-refractivity contribution in [3.8, 4) is 23.1 Å². The molecule has 6 nitrogen and oxygen atoms in total. The van der Waals surface area contributed by atoms with Crippen LogP contribution in [0.4, 0.5) is 30.6 Å². The number of anilines is 3. The summed E-state index contributed by atoms with van der Waals surface area (Å²) in [4.78, 5) is 8.80. The molecule has 0 spiro atoms. The van der Waals surface area contributed by atoms with E-state index in [1.165, 1.54) is 18.2 Å². The summed E-state index contributed by atoms with van der Waals surface area (Å²) in [6.45, 7) is 3.82. The minimum absolute atomic E-state index is 0.0272. The van der Waals surface area contributed by atoms with Gasteiger partial charge in [0.05, 0.1) is 16.9 Å². The molecule has 0 aliphatic rings. The zero-order chi connectivity index (χ0) is 21.7. The first-order chi connectivity index (χ1) is 14.2. The van der Waals surface area contributed by atoms with Crippen molar-refractivity contribution in [2.75, 3.05) is 10.6 Å². The molecule has 0 saturated heterocycles. The molecule has 3 aromatic rings. The minimum Gasteiger partial charge on any atom is -0.406 e. The Morgan fingerprint density at radius 3 is 2.50 bits per heavy atom. The van der Waals surface area contributed by atoms with Gasteiger partial charge in [-0.3, -0.25) is 0 Å². The largest absolute Gasteiger partial charge is 0.573 e. The molecule has 30 heavy (non-hydrogen) atoms. The van der Waals surface area contributed by atoms with Gasteiger partial charge in [0, 0.05) is 17.7 Å². The Morgan fingerprint density at radius 1 is 1.03 bits per heavy atom. The van der Waals surface area contributed by atoms with Gasteiger partial charge in [-0.2, -0.15) is 10.2 Å². The number of halogens is 3. The molecular weight excluding hydrogens is 395 g/mol. The van der Waals surface area contributed by atoms with E-state index in [9.17, 15) is 18.4 Å². The molecule has 0 amide bonds. The van der Waals surface area contributed by atoms with Crippen LogP contribution in [0.1, 0.15) is 19.4 Å². The van der Waals surface area contributed by atoms with Gasteiger partial charge >= 0.3 is 6.36 Å². The third-order valence-electron chi connectivity index (χ3n) is 3.82. The predicted octanol–water partition coefficient (Wildman–Crippen LogP) is 5.48. The van der Waals surface area contributed by atoms with E-state index in [2.05, 4.69) is 31.4 Å². The number of benzene rings is 2. The van der Waals surface area contributed by atoms with Crippen molar-refractivity contribution in [1.29, 1.82) is 5.26 Å². The predicted molar refractivity (Wildman–Crippen MR) is 107 cm³/mol. The highest BCUT2D eigenvalue weighted by Crippen LogP contribution is 2.29. The van der Waals surface area contributed by atoms with E-state index < -0.39 is 6.36 Å². The van der Waals surface area contributed by atoms with Crippen molar-refractivity contribution >= 4 is 17.5 Å². The van der Waals surface area contributed by atoms with Gasteiger partial charge in [-0.25, -0.2) is 4.98 Å². The number of hydrogen-bond donors (Lipinski definition) is 2. The molecular formula is C21H18F3N5O. The number of hydrogen-bond acceptors (Lipinski definition) is 6. The van der Waals surface area contributed by atoms with Crippen LogP contribution in [0.3, 0.4) is 0 Å². The Kier molecular flexibility index (Phi) is 6.06. The second-order valence-electron chi connectivity index (χ2n) is 6.62. The number of nitrogens with one attached hydrogen (secondary N) is 2. The maximum atomic E-state index is 12.6. The molecule has 9 heteroatoms. The maximum Gasteiger partial charge on any atom is 0.573 e. The lowest BCUT2D eigenvalue weighted by Gasteiger charge is -2.14. The van der Waals surface area contributed by atoms with Crippen LogP contribution in [0.2, 0.25) is 0 Å². The van der Waals surface area contributed by atoms with Crippen molar-refractivity contribution in [1.82, 2.24) is 9.97 Å². The van der Waals surface area contributed by atoms with Gasteiger partial charge in [0.2, 0.25) is 5.95 Å². The molecule has 0 fully saturated rings. The summed E-state index contributed by atoms with van der Waals surface area (Å²) in [5.74, 6) is 0.330. The van der Waals surface area contributed by atoms with Crippen LogP contribution >= 0.6 is 0 Å². The number of alkyl halides is 3. The van der Waals surface area contributed by atoms with E-state index in [0.29, 0.717) is 34.3 Å². The number of aromatic nitrogens is 2. The first-order valence-corrected chi connectivity index (χ1v) is 9.01.